The molecule has 0 bridgehead atoms. The normalized spacial score (nSPS) is 20.8. The number of hydrogen-bond donors (Lipinski definition) is 1. The number of amides is 1. The molecule has 0 fully saturated rings. The van der Waals surface area contributed by atoms with E-state index in [0.29, 0.717) is 0 Å². The lowest BCUT2D eigenvalue weighted by molar-refractivity contribution is -0.127. The number of hydrogen-bond acceptors (Lipinski definition) is 3. The van der Waals surface area contributed by atoms with Crippen molar-refractivity contribution in [1.82, 2.24) is 5.48 Å². The van der Waals surface area contributed by atoms with Crippen LogP contribution in [0.5, 0.6) is 0 Å². The second kappa shape index (κ2) is 5.55. The van der Waals surface area contributed by atoms with Gasteiger partial charge in [0.05, 0.1) is 13.2 Å². The Bertz CT molecular complexity index is 345. The molecule has 0 radical (unpaired) electrons. The monoisotopic (exact) mass is 271 g/mol. The molecule has 0 aromatic rings. The van der Waals surface area contributed by atoms with Gasteiger partial charge in [0.25, 0.3) is 5.91 Å². The van der Waals surface area contributed by atoms with Crippen molar-refractivity contribution in [3.63, 3.8) is 0 Å². The lowest BCUT2D eigenvalue weighted by atomic mass is 10.2. The first-order valence-corrected chi connectivity index (χ1v) is 9.30. The number of carbonyl (C=O) groups excluding carboxylic acids is 1. The van der Waals surface area contributed by atoms with Crippen molar-refractivity contribution in [2.75, 3.05) is 7.11 Å². The summed E-state index contributed by atoms with van der Waals surface area (Å²) in [7, 11) is -0.319. The fourth-order valence-electron chi connectivity index (χ4n) is 1.68. The first-order chi connectivity index (χ1) is 8.17. The summed E-state index contributed by atoms with van der Waals surface area (Å²) in [4.78, 5) is 16.2. The van der Waals surface area contributed by atoms with Crippen molar-refractivity contribution in [2.45, 2.75) is 57.8 Å². The zero-order valence-corrected chi connectivity index (χ0v) is 13.3. The topological polar surface area (TPSA) is 47.6 Å². The van der Waals surface area contributed by atoms with E-state index in [1.165, 1.54) is 7.11 Å². The second-order valence-corrected chi connectivity index (χ2v) is 11.0. The van der Waals surface area contributed by atoms with Crippen molar-refractivity contribution in [3.05, 3.63) is 11.6 Å². The van der Waals surface area contributed by atoms with Crippen LogP contribution in [0.25, 0.3) is 0 Å². The van der Waals surface area contributed by atoms with Gasteiger partial charge in [-0.05, 0) is 37.0 Å². The van der Waals surface area contributed by atoms with E-state index in [2.05, 4.69) is 44.2 Å². The SMILES string of the molecule is CONC(=O)C1=CC(O[Si](C)(C)C(C)(C)C)CC1. The molecule has 18 heavy (non-hydrogen) atoms. The van der Waals surface area contributed by atoms with Crippen LogP contribution in [-0.2, 0) is 14.1 Å². The number of hydroxylamine groups is 1. The molecule has 1 atom stereocenters. The molecule has 1 N–H and O–H groups in total. The van der Waals surface area contributed by atoms with E-state index in [-0.39, 0.29) is 17.0 Å². The maximum Gasteiger partial charge on any atom is 0.270 e. The Kier molecular flexibility index (Phi) is 4.75. The molecule has 0 heterocycles. The van der Waals surface area contributed by atoms with Crippen LogP contribution in [0, 0.1) is 0 Å². The Morgan fingerprint density at radius 3 is 2.56 bits per heavy atom. The molecule has 1 unspecified atom stereocenters. The third-order valence-corrected chi connectivity index (χ3v) is 8.33. The minimum Gasteiger partial charge on any atom is -0.411 e. The molecular weight excluding hydrogens is 246 g/mol. The first-order valence-electron chi connectivity index (χ1n) is 6.39. The molecule has 0 aromatic heterocycles. The Morgan fingerprint density at radius 2 is 2.06 bits per heavy atom. The summed E-state index contributed by atoms with van der Waals surface area (Å²) in [5.74, 6) is -0.154. The largest absolute Gasteiger partial charge is 0.411 e. The third kappa shape index (κ3) is 3.67. The summed E-state index contributed by atoms with van der Waals surface area (Å²) < 4.78 is 6.26. The lowest BCUT2D eigenvalue weighted by Gasteiger charge is -2.38. The van der Waals surface area contributed by atoms with E-state index in [1.54, 1.807) is 0 Å². The summed E-state index contributed by atoms with van der Waals surface area (Å²) in [6.45, 7) is 11.1. The van der Waals surface area contributed by atoms with E-state index >= 15 is 0 Å². The highest BCUT2D eigenvalue weighted by Crippen LogP contribution is 2.39. The van der Waals surface area contributed by atoms with Gasteiger partial charge in [0.15, 0.2) is 8.32 Å². The Balaban J connectivity index is 2.64. The molecular formula is C13H25NO3Si. The molecule has 5 heteroatoms. The molecule has 0 spiro atoms. The van der Waals surface area contributed by atoms with Gasteiger partial charge in [0, 0.05) is 5.57 Å². The van der Waals surface area contributed by atoms with Crippen molar-refractivity contribution in [3.8, 4) is 0 Å². The van der Waals surface area contributed by atoms with Crippen molar-refractivity contribution < 1.29 is 14.1 Å². The number of rotatable bonds is 4. The fraction of sp³-hybridized carbons (Fsp3) is 0.769. The van der Waals surface area contributed by atoms with Gasteiger partial charge in [-0.1, -0.05) is 20.8 Å². The van der Waals surface area contributed by atoms with Gasteiger partial charge in [0.1, 0.15) is 0 Å². The van der Waals surface area contributed by atoms with E-state index in [0.717, 1.165) is 18.4 Å². The van der Waals surface area contributed by atoms with Gasteiger partial charge >= 0.3 is 0 Å². The quantitative estimate of drug-likeness (QED) is 0.632. The summed E-state index contributed by atoms with van der Waals surface area (Å²) in [6, 6.07) is 0. The number of nitrogens with one attached hydrogen (secondary N) is 1. The van der Waals surface area contributed by atoms with Crippen LogP contribution >= 0.6 is 0 Å². The molecule has 0 saturated carbocycles. The second-order valence-electron chi connectivity index (χ2n) is 6.28. The molecule has 1 aliphatic carbocycles. The van der Waals surface area contributed by atoms with Gasteiger partial charge < -0.3 is 4.43 Å². The minimum absolute atomic E-state index is 0.0727. The van der Waals surface area contributed by atoms with E-state index in [9.17, 15) is 4.79 Å². The van der Waals surface area contributed by atoms with Crippen LogP contribution < -0.4 is 5.48 Å². The number of carbonyl (C=O) groups is 1. The van der Waals surface area contributed by atoms with E-state index < -0.39 is 8.32 Å². The molecule has 0 aromatic carbocycles. The standard InChI is InChI=1S/C13H25NO3Si/c1-13(2,3)18(5,6)17-11-8-7-10(9-11)12(15)14-16-4/h9,11H,7-8H2,1-6H3,(H,14,15). The Morgan fingerprint density at radius 1 is 1.44 bits per heavy atom. The average molecular weight is 271 g/mol. The summed E-state index contributed by atoms with van der Waals surface area (Å²) in [6.07, 6.45) is 3.66. The molecule has 4 nitrogen and oxygen atoms in total. The lowest BCUT2D eigenvalue weighted by Crippen LogP contribution is -2.43. The van der Waals surface area contributed by atoms with Gasteiger partial charge in [-0.3, -0.25) is 9.63 Å². The highest BCUT2D eigenvalue weighted by atomic mass is 28.4. The molecule has 1 aliphatic rings. The summed E-state index contributed by atoms with van der Waals surface area (Å²) >= 11 is 0. The third-order valence-electron chi connectivity index (χ3n) is 3.82. The van der Waals surface area contributed by atoms with Crippen LogP contribution in [0.2, 0.25) is 18.1 Å². The maximum atomic E-state index is 11.6. The van der Waals surface area contributed by atoms with Crippen LogP contribution in [0.3, 0.4) is 0 Å². The Hall–Kier alpha value is -0.653. The van der Waals surface area contributed by atoms with E-state index in [1.807, 2.05) is 6.08 Å². The molecule has 1 rings (SSSR count). The smallest absolute Gasteiger partial charge is 0.270 e. The Labute approximate surface area is 111 Å². The summed E-state index contributed by atoms with van der Waals surface area (Å²) in [5, 5.41) is 0.193. The molecule has 0 saturated heterocycles. The van der Waals surface area contributed by atoms with Crippen LogP contribution in [0.15, 0.2) is 11.6 Å². The van der Waals surface area contributed by atoms with Crippen molar-refractivity contribution in [2.24, 2.45) is 0 Å². The fourth-order valence-corrected chi connectivity index (χ4v) is 2.98. The van der Waals surface area contributed by atoms with Gasteiger partial charge in [-0.25, -0.2) is 5.48 Å². The zero-order valence-electron chi connectivity index (χ0n) is 12.3. The van der Waals surface area contributed by atoms with E-state index in [4.69, 9.17) is 4.43 Å². The van der Waals surface area contributed by atoms with Crippen molar-refractivity contribution >= 4 is 14.2 Å². The predicted molar refractivity (Wildman–Crippen MR) is 74.5 cm³/mol. The zero-order chi connectivity index (χ0) is 14.0. The molecule has 1 amide bonds. The van der Waals surface area contributed by atoms with Crippen LogP contribution in [-0.4, -0.2) is 27.4 Å². The minimum atomic E-state index is -1.76. The predicted octanol–water partition coefficient (Wildman–Crippen LogP) is 2.77. The maximum absolute atomic E-state index is 11.6. The summed E-state index contributed by atoms with van der Waals surface area (Å²) in [5.41, 5.74) is 3.11. The highest BCUT2D eigenvalue weighted by Gasteiger charge is 2.39. The average Bonchev–Trinajstić information content (AvgIpc) is 2.64. The van der Waals surface area contributed by atoms with Crippen molar-refractivity contribution in [1.29, 1.82) is 0 Å². The van der Waals surface area contributed by atoms with Crippen LogP contribution in [0.4, 0.5) is 0 Å². The van der Waals surface area contributed by atoms with Gasteiger partial charge in [-0.15, -0.1) is 0 Å². The van der Waals surface area contributed by atoms with Crippen LogP contribution in [0.1, 0.15) is 33.6 Å². The molecule has 0 aliphatic heterocycles. The van der Waals surface area contributed by atoms with Gasteiger partial charge in [0.2, 0.25) is 0 Å². The molecule has 104 valence electrons. The highest BCUT2D eigenvalue weighted by molar-refractivity contribution is 6.74. The first kappa shape index (κ1) is 15.4. The van der Waals surface area contributed by atoms with Gasteiger partial charge in [-0.2, -0.15) is 0 Å².